The van der Waals surface area contributed by atoms with Crippen molar-refractivity contribution in [1.82, 2.24) is 9.55 Å². The van der Waals surface area contributed by atoms with E-state index in [1.807, 2.05) is 18.7 Å². The van der Waals surface area contributed by atoms with Crippen molar-refractivity contribution in [2.24, 2.45) is 5.92 Å². The molecule has 0 fully saturated rings. The molecular formula is C19H30N2O. The van der Waals surface area contributed by atoms with Gasteiger partial charge in [0.1, 0.15) is 0 Å². The summed E-state index contributed by atoms with van der Waals surface area (Å²) in [7, 11) is 0. The Morgan fingerprint density at radius 3 is 2.68 bits per heavy atom. The van der Waals surface area contributed by atoms with Crippen LogP contribution in [0.2, 0.25) is 0 Å². The van der Waals surface area contributed by atoms with Gasteiger partial charge >= 0.3 is 0 Å². The molecule has 3 atom stereocenters. The molecule has 22 heavy (non-hydrogen) atoms. The van der Waals surface area contributed by atoms with Crippen LogP contribution in [0.3, 0.4) is 0 Å². The van der Waals surface area contributed by atoms with Crippen molar-refractivity contribution >= 4 is 0 Å². The molecule has 0 bridgehead atoms. The highest BCUT2D eigenvalue weighted by molar-refractivity contribution is 5.20. The largest absolute Gasteiger partial charge is 0.348 e. The number of hydrogen-bond acceptors (Lipinski definition) is 2. The van der Waals surface area contributed by atoms with Gasteiger partial charge in [0.15, 0.2) is 5.72 Å². The van der Waals surface area contributed by atoms with Crippen LogP contribution in [0.5, 0.6) is 0 Å². The fourth-order valence-corrected chi connectivity index (χ4v) is 3.30. The van der Waals surface area contributed by atoms with E-state index in [1.54, 1.807) is 0 Å². The predicted octanol–water partition coefficient (Wildman–Crippen LogP) is 5.06. The molecule has 3 heteroatoms. The van der Waals surface area contributed by atoms with E-state index in [1.165, 1.54) is 12.8 Å². The Bertz CT molecular complexity index is 478. The zero-order chi connectivity index (χ0) is 15.8. The summed E-state index contributed by atoms with van der Waals surface area (Å²) in [5.74, 6) is 0.340. The highest BCUT2D eigenvalue weighted by Gasteiger charge is 2.40. The third kappa shape index (κ3) is 3.70. The number of aromatic nitrogens is 2. The van der Waals surface area contributed by atoms with Gasteiger partial charge in [0.2, 0.25) is 0 Å². The molecule has 1 aliphatic carbocycles. The minimum absolute atomic E-state index is 0.303. The molecule has 3 nitrogen and oxygen atoms in total. The maximum atomic E-state index is 6.75. The van der Waals surface area contributed by atoms with E-state index in [4.69, 9.17) is 4.74 Å². The maximum Gasteiger partial charge on any atom is 0.171 e. The lowest BCUT2D eigenvalue weighted by molar-refractivity contribution is -0.145. The average Bonchev–Trinajstić information content (AvgIpc) is 3.08. The fraction of sp³-hybridized carbons (Fsp3) is 0.632. The Kier molecular flexibility index (Phi) is 6.44. The molecule has 1 aliphatic rings. The van der Waals surface area contributed by atoms with Crippen LogP contribution in [0.1, 0.15) is 59.3 Å². The standard InChI is InChI=1S/C19H30N2O/c1-4-7-12-18(10-5-2)22-19(21-15-14-20-16-21)13-9-8-11-17(19)6-3/h8-9,11,13-18H,4-7,10,12H2,1-3H3. The van der Waals surface area contributed by atoms with Crippen LogP contribution in [-0.2, 0) is 10.5 Å². The first-order valence-electron chi connectivity index (χ1n) is 8.79. The highest BCUT2D eigenvalue weighted by atomic mass is 16.5. The van der Waals surface area contributed by atoms with E-state index in [2.05, 4.69) is 54.6 Å². The Morgan fingerprint density at radius 2 is 2.05 bits per heavy atom. The quantitative estimate of drug-likeness (QED) is 0.637. The summed E-state index contributed by atoms with van der Waals surface area (Å²) in [6.45, 7) is 6.71. The molecule has 0 aliphatic heterocycles. The maximum absolute atomic E-state index is 6.75. The molecule has 1 aromatic rings. The minimum Gasteiger partial charge on any atom is -0.348 e. The van der Waals surface area contributed by atoms with Crippen molar-refractivity contribution < 1.29 is 4.74 Å². The number of nitrogens with zero attached hydrogens (tertiary/aromatic N) is 2. The molecule has 0 radical (unpaired) electrons. The summed E-state index contributed by atoms with van der Waals surface area (Å²) in [4.78, 5) is 4.25. The van der Waals surface area contributed by atoms with E-state index in [-0.39, 0.29) is 0 Å². The first kappa shape index (κ1) is 17.0. The van der Waals surface area contributed by atoms with Gasteiger partial charge < -0.3 is 9.30 Å². The zero-order valence-corrected chi connectivity index (χ0v) is 14.2. The molecule has 122 valence electrons. The first-order chi connectivity index (χ1) is 10.8. The predicted molar refractivity (Wildman–Crippen MR) is 91.6 cm³/mol. The molecule has 3 unspecified atom stereocenters. The number of imidazole rings is 1. The Balaban J connectivity index is 2.28. The molecule has 1 aromatic heterocycles. The van der Waals surface area contributed by atoms with E-state index in [9.17, 15) is 0 Å². The van der Waals surface area contributed by atoms with Gasteiger partial charge in [-0.3, -0.25) is 0 Å². The fourth-order valence-electron chi connectivity index (χ4n) is 3.30. The molecule has 0 N–H and O–H groups in total. The van der Waals surface area contributed by atoms with Crippen molar-refractivity contribution in [1.29, 1.82) is 0 Å². The Hall–Kier alpha value is -1.35. The molecule has 0 amide bonds. The minimum atomic E-state index is -0.423. The third-order valence-electron chi connectivity index (χ3n) is 4.51. The summed E-state index contributed by atoms with van der Waals surface area (Å²) in [5.41, 5.74) is -0.423. The summed E-state index contributed by atoms with van der Waals surface area (Å²) >= 11 is 0. The van der Waals surface area contributed by atoms with E-state index < -0.39 is 5.72 Å². The van der Waals surface area contributed by atoms with Gasteiger partial charge in [0.05, 0.1) is 12.4 Å². The van der Waals surface area contributed by atoms with Gasteiger partial charge in [0.25, 0.3) is 0 Å². The Labute approximate surface area is 135 Å². The molecule has 1 heterocycles. The number of allylic oxidation sites excluding steroid dienone is 2. The monoisotopic (exact) mass is 302 g/mol. The normalized spacial score (nSPS) is 25.5. The van der Waals surface area contributed by atoms with Gasteiger partial charge in [-0.05, 0) is 25.3 Å². The van der Waals surface area contributed by atoms with Crippen molar-refractivity contribution in [3.05, 3.63) is 43.0 Å². The van der Waals surface area contributed by atoms with Crippen molar-refractivity contribution in [3.63, 3.8) is 0 Å². The van der Waals surface area contributed by atoms with Crippen LogP contribution in [0.4, 0.5) is 0 Å². The van der Waals surface area contributed by atoms with Crippen molar-refractivity contribution in [2.45, 2.75) is 71.1 Å². The van der Waals surface area contributed by atoms with E-state index in [0.717, 1.165) is 25.7 Å². The SMILES string of the molecule is CCCCC(CCC)OC1(n2ccnc2)C=CC=CC1CC. The second-order valence-electron chi connectivity index (χ2n) is 6.15. The van der Waals surface area contributed by atoms with Gasteiger partial charge in [-0.2, -0.15) is 0 Å². The van der Waals surface area contributed by atoms with Crippen molar-refractivity contribution in [2.75, 3.05) is 0 Å². The molecule has 0 aromatic carbocycles. The molecule has 0 spiro atoms. The summed E-state index contributed by atoms with van der Waals surface area (Å²) in [6, 6.07) is 0. The van der Waals surface area contributed by atoms with Gasteiger partial charge in [-0.15, -0.1) is 0 Å². The first-order valence-corrected chi connectivity index (χ1v) is 8.79. The van der Waals surface area contributed by atoms with Gasteiger partial charge in [0, 0.05) is 18.3 Å². The van der Waals surface area contributed by atoms with Gasteiger partial charge in [-0.25, -0.2) is 4.98 Å². The number of rotatable bonds is 9. The summed E-state index contributed by atoms with van der Waals surface area (Å²) in [5, 5.41) is 0. The Morgan fingerprint density at radius 1 is 1.18 bits per heavy atom. The smallest absolute Gasteiger partial charge is 0.171 e. The molecule has 2 rings (SSSR count). The average molecular weight is 302 g/mol. The molecule has 0 saturated carbocycles. The van der Waals surface area contributed by atoms with Gasteiger partial charge in [-0.1, -0.05) is 58.3 Å². The molecule has 0 saturated heterocycles. The third-order valence-corrected chi connectivity index (χ3v) is 4.51. The summed E-state index contributed by atoms with van der Waals surface area (Å²) < 4.78 is 8.89. The van der Waals surface area contributed by atoms with Crippen LogP contribution >= 0.6 is 0 Å². The second-order valence-corrected chi connectivity index (χ2v) is 6.15. The van der Waals surface area contributed by atoms with Crippen LogP contribution < -0.4 is 0 Å². The second kappa shape index (κ2) is 8.33. The van der Waals surface area contributed by atoms with E-state index in [0.29, 0.717) is 12.0 Å². The lowest BCUT2D eigenvalue weighted by Crippen LogP contribution is -2.44. The van der Waals surface area contributed by atoms with E-state index >= 15 is 0 Å². The number of unbranched alkanes of at least 4 members (excludes halogenated alkanes) is 1. The van der Waals surface area contributed by atoms with Crippen LogP contribution in [0.15, 0.2) is 43.0 Å². The van der Waals surface area contributed by atoms with Crippen LogP contribution in [0, 0.1) is 5.92 Å². The lowest BCUT2D eigenvalue weighted by Gasteiger charge is -2.42. The van der Waals surface area contributed by atoms with Crippen LogP contribution in [0.25, 0.3) is 0 Å². The number of hydrogen-bond donors (Lipinski definition) is 0. The number of ether oxygens (including phenoxy) is 1. The summed E-state index contributed by atoms with van der Waals surface area (Å²) in [6.07, 6.45) is 21.7. The lowest BCUT2D eigenvalue weighted by atomic mass is 9.88. The topological polar surface area (TPSA) is 27.1 Å². The van der Waals surface area contributed by atoms with Crippen LogP contribution in [-0.4, -0.2) is 15.7 Å². The zero-order valence-electron chi connectivity index (χ0n) is 14.2. The molecular weight excluding hydrogens is 272 g/mol. The van der Waals surface area contributed by atoms with Crippen molar-refractivity contribution in [3.8, 4) is 0 Å². The highest BCUT2D eigenvalue weighted by Crippen LogP contribution is 2.38.